The lowest BCUT2D eigenvalue weighted by Gasteiger charge is -2.20. The minimum atomic E-state index is -0.980. The van der Waals surface area contributed by atoms with Crippen molar-refractivity contribution in [3.8, 4) is 0 Å². The van der Waals surface area contributed by atoms with Gasteiger partial charge < -0.3 is 15.5 Å². The third-order valence-corrected chi connectivity index (χ3v) is 4.94. The molecule has 2 amide bonds. The number of carbonyl (C=O) groups excluding carboxylic acids is 2. The molecular formula is C23H19F2N3O2. The van der Waals surface area contributed by atoms with Crippen LogP contribution in [0.3, 0.4) is 0 Å². The molecule has 0 saturated carbocycles. The zero-order chi connectivity index (χ0) is 21.1. The number of nitrogens with zero attached hydrogens (tertiary/aromatic N) is 1. The maximum atomic E-state index is 13.6. The molecule has 5 nitrogen and oxygen atoms in total. The topological polar surface area (TPSA) is 61.4 Å². The Balaban J connectivity index is 1.33. The van der Waals surface area contributed by atoms with E-state index in [4.69, 9.17) is 0 Å². The summed E-state index contributed by atoms with van der Waals surface area (Å²) in [5.41, 5.74) is 3.78. The monoisotopic (exact) mass is 407 g/mol. The number of fused-ring (bicyclic) bond motifs is 1. The quantitative estimate of drug-likeness (QED) is 0.671. The Bertz CT molecular complexity index is 1100. The molecule has 30 heavy (non-hydrogen) atoms. The van der Waals surface area contributed by atoms with Crippen LogP contribution in [-0.2, 0) is 11.2 Å². The van der Waals surface area contributed by atoms with Gasteiger partial charge in [0.15, 0.2) is 0 Å². The molecule has 1 heterocycles. The lowest BCUT2D eigenvalue weighted by molar-refractivity contribution is -0.115. The third-order valence-electron chi connectivity index (χ3n) is 4.94. The Morgan fingerprint density at radius 3 is 2.50 bits per heavy atom. The first-order valence-electron chi connectivity index (χ1n) is 9.50. The highest BCUT2D eigenvalue weighted by Gasteiger charge is 2.19. The fraction of sp³-hybridized carbons (Fsp3) is 0.130. The number of para-hydroxylation sites is 1. The average molecular weight is 407 g/mol. The summed E-state index contributed by atoms with van der Waals surface area (Å²) in [7, 11) is 0. The second kappa shape index (κ2) is 8.32. The molecule has 0 atom stereocenters. The molecule has 3 aromatic rings. The number of hydrogen-bond acceptors (Lipinski definition) is 3. The van der Waals surface area contributed by atoms with Crippen molar-refractivity contribution in [3.05, 3.63) is 89.5 Å². The molecule has 0 fully saturated rings. The highest BCUT2D eigenvalue weighted by atomic mass is 19.1. The fourth-order valence-corrected chi connectivity index (χ4v) is 3.47. The smallest absolute Gasteiger partial charge is 0.254 e. The number of halogens is 2. The van der Waals surface area contributed by atoms with E-state index in [1.54, 1.807) is 12.1 Å². The average Bonchev–Trinajstić information content (AvgIpc) is 3.17. The number of anilines is 3. The van der Waals surface area contributed by atoms with Crippen molar-refractivity contribution in [2.45, 2.75) is 6.42 Å². The molecule has 0 aliphatic carbocycles. The Morgan fingerprint density at radius 1 is 0.967 bits per heavy atom. The maximum absolute atomic E-state index is 13.6. The van der Waals surface area contributed by atoms with Crippen molar-refractivity contribution in [2.24, 2.45) is 0 Å². The number of nitrogens with one attached hydrogen (secondary N) is 2. The summed E-state index contributed by atoms with van der Waals surface area (Å²) in [6, 6.07) is 18.3. The molecule has 0 saturated heterocycles. The predicted octanol–water partition coefficient (Wildman–Crippen LogP) is 4.03. The number of amides is 2. The van der Waals surface area contributed by atoms with Crippen molar-refractivity contribution in [2.75, 3.05) is 23.3 Å². The highest BCUT2D eigenvalue weighted by Crippen LogP contribution is 2.34. The highest BCUT2D eigenvalue weighted by molar-refractivity contribution is 5.99. The van der Waals surface area contributed by atoms with Gasteiger partial charge in [0.2, 0.25) is 5.91 Å². The second-order valence-corrected chi connectivity index (χ2v) is 6.93. The zero-order valence-corrected chi connectivity index (χ0v) is 16.0. The summed E-state index contributed by atoms with van der Waals surface area (Å²) in [6.07, 6.45) is 0.989. The van der Waals surface area contributed by atoms with Crippen LogP contribution in [0.25, 0.3) is 0 Å². The normalized spacial score (nSPS) is 12.4. The lowest BCUT2D eigenvalue weighted by Crippen LogP contribution is -2.33. The molecule has 0 bridgehead atoms. The molecule has 0 unspecified atom stereocenters. The van der Waals surface area contributed by atoms with E-state index < -0.39 is 23.4 Å². The predicted molar refractivity (Wildman–Crippen MR) is 111 cm³/mol. The first-order valence-corrected chi connectivity index (χ1v) is 9.50. The van der Waals surface area contributed by atoms with E-state index in [0.717, 1.165) is 30.8 Å². The maximum Gasteiger partial charge on any atom is 0.254 e. The van der Waals surface area contributed by atoms with Gasteiger partial charge in [0.1, 0.15) is 11.6 Å². The van der Waals surface area contributed by atoms with Crippen LogP contribution in [0, 0.1) is 11.6 Å². The Hall–Kier alpha value is -3.74. The molecule has 0 radical (unpaired) electrons. The van der Waals surface area contributed by atoms with Crippen LogP contribution in [0.5, 0.6) is 0 Å². The standard InChI is InChI=1S/C23H19F2N3O2/c24-16-5-10-19(20(25)13-16)23(30)26-14-22(29)27-17-6-8-18(9-7-17)28-12-11-15-3-1-2-4-21(15)28/h1-10,13H,11-12,14H2,(H,26,30)(H,27,29). The van der Waals surface area contributed by atoms with Crippen LogP contribution in [0.2, 0.25) is 0 Å². The minimum absolute atomic E-state index is 0.320. The first-order chi connectivity index (χ1) is 14.5. The van der Waals surface area contributed by atoms with Crippen LogP contribution in [0.15, 0.2) is 66.7 Å². The molecule has 2 N–H and O–H groups in total. The van der Waals surface area contributed by atoms with E-state index in [1.165, 1.54) is 11.3 Å². The van der Waals surface area contributed by atoms with Gasteiger partial charge in [0, 0.05) is 29.7 Å². The minimum Gasteiger partial charge on any atom is -0.343 e. The molecule has 0 spiro atoms. The Kier molecular flexibility index (Phi) is 5.43. The van der Waals surface area contributed by atoms with E-state index in [2.05, 4.69) is 27.7 Å². The van der Waals surface area contributed by atoms with Gasteiger partial charge in [-0.05, 0) is 54.4 Å². The molecule has 152 valence electrons. The van der Waals surface area contributed by atoms with E-state index in [1.807, 2.05) is 24.3 Å². The van der Waals surface area contributed by atoms with Crippen molar-refractivity contribution >= 4 is 28.9 Å². The summed E-state index contributed by atoms with van der Waals surface area (Å²) in [4.78, 5) is 26.3. The van der Waals surface area contributed by atoms with Crippen LogP contribution in [0.4, 0.5) is 25.8 Å². The number of hydrogen-bond donors (Lipinski definition) is 2. The van der Waals surface area contributed by atoms with E-state index >= 15 is 0 Å². The van der Waals surface area contributed by atoms with E-state index in [-0.39, 0.29) is 12.1 Å². The van der Waals surface area contributed by atoms with Gasteiger partial charge in [0.25, 0.3) is 5.91 Å². The van der Waals surface area contributed by atoms with Gasteiger partial charge in [0.05, 0.1) is 12.1 Å². The first kappa shape index (κ1) is 19.6. The number of benzene rings is 3. The molecule has 3 aromatic carbocycles. The SMILES string of the molecule is O=C(CNC(=O)c1ccc(F)cc1F)Nc1ccc(N2CCc3ccccc32)cc1. The van der Waals surface area contributed by atoms with Crippen molar-refractivity contribution < 1.29 is 18.4 Å². The van der Waals surface area contributed by atoms with E-state index in [9.17, 15) is 18.4 Å². The lowest BCUT2D eigenvalue weighted by atomic mass is 10.2. The van der Waals surface area contributed by atoms with Gasteiger partial charge in [-0.15, -0.1) is 0 Å². The molecule has 1 aliphatic heterocycles. The fourth-order valence-electron chi connectivity index (χ4n) is 3.47. The number of rotatable bonds is 5. The molecule has 1 aliphatic rings. The van der Waals surface area contributed by atoms with Crippen LogP contribution < -0.4 is 15.5 Å². The van der Waals surface area contributed by atoms with Crippen LogP contribution in [0.1, 0.15) is 15.9 Å². The number of carbonyl (C=O) groups is 2. The van der Waals surface area contributed by atoms with Crippen molar-refractivity contribution in [3.63, 3.8) is 0 Å². The molecular weight excluding hydrogens is 388 g/mol. The summed E-state index contributed by atoms with van der Waals surface area (Å²) in [5.74, 6) is -2.99. The van der Waals surface area contributed by atoms with E-state index in [0.29, 0.717) is 11.8 Å². The Labute approximate surface area is 172 Å². The van der Waals surface area contributed by atoms with Crippen molar-refractivity contribution in [1.29, 1.82) is 0 Å². The molecule has 0 aromatic heterocycles. The van der Waals surface area contributed by atoms with Gasteiger partial charge in [-0.3, -0.25) is 9.59 Å². The van der Waals surface area contributed by atoms with Crippen LogP contribution >= 0.6 is 0 Å². The van der Waals surface area contributed by atoms with Gasteiger partial charge in [-0.25, -0.2) is 8.78 Å². The molecule has 7 heteroatoms. The second-order valence-electron chi connectivity index (χ2n) is 6.93. The summed E-state index contributed by atoms with van der Waals surface area (Å²) < 4.78 is 26.6. The van der Waals surface area contributed by atoms with Crippen LogP contribution in [-0.4, -0.2) is 24.9 Å². The summed E-state index contributed by atoms with van der Waals surface area (Å²) in [5, 5.41) is 5.01. The van der Waals surface area contributed by atoms with Gasteiger partial charge in [-0.2, -0.15) is 0 Å². The summed E-state index contributed by atoms with van der Waals surface area (Å²) in [6.45, 7) is 0.563. The van der Waals surface area contributed by atoms with Crippen molar-refractivity contribution in [1.82, 2.24) is 5.32 Å². The van der Waals surface area contributed by atoms with Gasteiger partial charge in [-0.1, -0.05) is 18.2 Å². The molecule has 4 rings (SSSR count). The van der Waals surface area contributed by atoms with Gasteiger partial charge >= 0.3 is 0 Å². The zero-order valence-electron chi connectivity index (χ0n) is 16.0. The summed E-state index contributed by atoms with van der Waals surface area (Å²) >= 11 is 0. The third kappa shape index (κ3) is 4.15. The Morgan fingerprint density at radius 2 is 1.73 bits per heavy atom. The largest absolute Gasteiger partial charge is 0.343 e.